The molecule has 0 aromatic carbocycles. The lowest BCUT2D eigenvalue weighted by atomic mass is 9.87. The molecule has 1 N–H and O–H groups in total. The summed E-state index contributed by atoms with van der Waals surface area (Å²) in [5.74, 6) is 2.67. The van der Waals surface area contributed by atoms with Crippen LogP contribution in [-0.2, 0) is 4.74 Å². The summed E-state index contributed by atoms with van der Waals surface area (Å²) in [6, 6.07) is 0.826. The molecule has 2 atom stereocenters. The lowest BCUT2D eigenvalue weighted by molar-refractivity contribution is 0.166. The average molecular weight is 181 g/mol. The van der Waals surface area contributed by atoms with E-state index >= 15 is 0 Å². The summed E-state index contributed by atoms with van der Waals surface area (Å²) in [6.07, 6.45) is 6.03. The van der Waals surface area contributed by atoms with Crippen LogP contribution >= 0.6 is 0 Å². The second-order valence-corrected chi connectivity index (χ2v) is 4.53. The van der Waals surface area contributed by atoms with Crippen LogP contribution < -0.4 is 5.32 Å². The topological polar surface area (TPSA) is 21.3 Å². The Morgan fingerprint density at radius 2 is 2.38 bits per heavy atom. The van der Waals surface area contributed by atoms with Gasteiger partial charge in [-0.05, 0) is 6.92 Å². The number of hydrogen-bond donors (Lipinski definition) is 1. The smallest absolute Gasteiger partial charge is 0.0626 e. The Labute approximate surface area is 81.0 Å². The van der Waals surface area contributed by atoms with Crippen molar-refractivity contribution in [3.63, 3.8) is 0 Å². The van der Waals surface area contributed by atoms with E-state index in [2.05, 4.69) is 32.0 Å². The van der Waals surface area contributed by atoms with Crippen molar-refractivity contribution < 1.29 is 4.74 Å². The summed E-state index contributed by atoms with van der Waals surface area (Å²) in [4.78, 5) is 0. The van der Waals surface area contributed by atoms with E-state index in [1.54, 1.807) is 0 Å². The fourth-order valence-electron chi connectivity index (χ4n) is 1.62. The van der Waals surface area contributed by atoms with E-state index in [1.807, 2.05) is 0 Å². The van der Waals surface area contributed by atoms with Crippen molar-refractivity contribution in [1.82, 2.24) is 5.32 Å². The fourth-order valence-corrected chi connectivity index (χ4v) is 1.62. The van der Waals surface area contributed by atoms with Gasteiger partial charge in [0.2, 0.25) is 0 Å². The SMILES string of the molecule is C#CCC(C)NC1COCC1(C)C. The van der Waals surface area contributed by atoms with Crippen LogP contribution in [0.15, 0.2) is 0 Å². The summed E-state index contributed by atoms with van der Waals surface area (Å²) in [5.41, 5.74) is 0.239. The van der Waals surface area contributed by atoms with Crippen molar-refractivity contribution in [3.8, 4) is 12.3 Å². The van der Waals surface area contributed by atoms with Gasteiger partial charge in [-0.15, -0.1) is 12.3 Å². The first-order chi connectivity index (χ1) is 6.06. The molecule has 1 rings (SSSR count). The predicted octanol–water partition coefficient (Wildman–Crippen LogP) is 1.41. The summed E-state index contributed by atoms with van der Waals surface area (Å²) < 4.78 is 5.44. The Balaban J connectivity index is 2.41. The fraction of sp³-hybridized carbons (Fsp3) is 0.818. The van der Waals surface area contributed by atoms with Crippen LogP contribution in [0.25, 0.3) is 0 Å². The van der Waals surface area contributed by atoms with E-state index in [9.17, 15) is 0 Å². The summed E-state index contributed by atoms with van der Waals surface area (Å²) in [7, 11) is 0. The van der Waals surface area contributed by atoms with Gasteiger partial charge in [0.15, 0.2) is 0 Å². The molecule has 0 aromatic heterocycles. The monoisotopic (exact) mass is 181 g/mol. The van der Waals surface area contributed by atoms with Gasteiger partial charge in [0, 0.05) is 23.9 Å². The minimum Gasteiger partial charge on any atom is -0.379 e. The van der Waals surface area contributed by atoms with E-state index in [4.69, 9.17) is 11.2 Å². The van der Waals surface area contributed by atoms with E-state index < -0.39 is 0 Å². The molecule has 2 unspecified atom stereocenters. The van der Waals surface area contributed by atoms with Gasteiger partial charge in [0.1, 0.15) is 0 Å². The maximum atomic E-state index is 5.44. The maximum Gasteiger partial charge on any atom is 0.0626 e. The molecule has 0 aliphatic carbocycles. The van der Waals surface area contributed by atoms with Crippen molar-refractivity contribution in [2.45, 2.75) is 39.3 Å². The van der Waals surface area contributed by atoms with E-state index in [0.29, 0.717) is 12.1 Å². The molecule has 1 heterocycles. The Kier molecular flexibility index (Phi) is 3.35. The first-order valence-electron chi connectivity index (χ1n) is 4.83. The highest BCUT2D eigenvalue weighted by Crippen LogP contribution is 2.27. The van der Waals surface area contributed by atoms with E-state index in [0.717, 1.165) is 19.6 Å². The molecule has 2 nitrogen and oxygen atoms in total. The Bertz CT molecular complexity index is 205. The molecule has 0 saturated carbocycles. The lowest BCUT2D eigenvalue weighted by Crippen LogP contribution is -2.45. The van der Waals surface area contributed by atoms with Crippen molar-refractivity contribution in [1.29, 1.82) is 0 Å². The van der Waals surface area contributed by atoms with Crippen molar-refractivity contribution >= 4 is 0 Å². The van der Waals surface area contributed by atoms with Crippen molar-refractivity contribution in [3.05, 3.63) is 0 Å². The zero-order chi connectivity index (χ0) is 9.90. The molecule has 1 aliphatic heterocycles. The van der Waals surface area contributed by atoms with Crippen molar-refractivity contribution in [2.24, 2.45) is 5.41 Å². The molecule has 2 heteroatoms. The second kappa shape index (κ2) is 4.13. The van der Waals surface area contributed by atoms with Gasteiger partial charge < -0.3 is 10.1 Å². The molecular weight excluding hydrogens is 162 g/mol. The number of hydrogen-bond acceptors (Lipinski definition) is 2. The summed E-state index contributed by atoms with van der Waals surface area (Å²) in [5, 5.41) is 3.50. The minimum absolute atomic E-state index is 0.239. The van der Waals surface area contributed by atoms with Crippen LogP contribution in [0.5, 0.6) is 0 Å². The van der Waals surface area contributed by atoms with Gasteiger partial charge in [-0.3, -0.25) is 0 Å². The molecule has 0 amide bonds. The van der Waals surface area contributed by atoms with Gasteiger partial charge >= 0.3 is 0 Å². The van der Waals surface area contributed by atoms with Gasteiger partial charge in [0.05, 0.1) is 13.2 Å². The first-order valence-corrected chi connectivity index (χ1v) is 4.83. The molecule has 0 aromatic rings. The average Bonchev–Trinajstić information content (AvgIpc) is 2.31. The second-order valence-electron chi connectivity index (χ2n) is 4.53. The highest BCUT2D eigenvalue weighted by Gasteiger charge is 2.35. The number of terminal acetylenes is 1. The quantitative estimate of drug-likeness (QED) is 0.665. The van der Waals surface area contributed by atoms with Gasteiger partial charge in [-0.1, -0.05) is 13.8 Å². The predicted molar refractivity (Wildman–Crippen MR) is 54.4 cm³/mol. The number of rotatable bonds is 3. The first kappa shape index (κ1) is 10.6. The third-order valence-electron chi connectivity index (χ3n) is 2.61. The Morgan fingerprint density at radius 3 is 2.85 bits per heavy atom. The molecule has 0 spiro atoms. The van der Waals surface area contributed by atoms with Crippen LogP contribution in [0.4, 0.5) is 0 Å². The molecule has 0 radical (unpaired) electrons. The third-order valence-corrected chi connectivity index (χ3v) is 2.61. The Hall–Kier alpha value is -0.520. The highest BCUT2D eigenvalue weighted by atomic mass is 16.5. The van der Waals surface area contributed by atoms with Crippen LogP contribution in [0.1, 0.15) is 27.2 Å². The van der Waals surface area contributed by atoms with Gasteiger partial charge in [-0.2, -0.15) is 0 Å². The Morgan fingerprint density at radius 1 is 1.69 bits per heavy atom. The van der Waals surface area contributed by atoms with Crippen LogP contribution in [0, 0.1) is 17.8 Å². The zero-order valence-electron chi connectivity index (χ0n) is 8.76. The molecule has 74 valence electrons. The molecular formula is C11H19NO. The van der Waals surface area contributed by atoms with Crippen LogP contribution in [-0.4, -0.2) is 25.3 Å². The highest BCUT2D eigenvalue weighted by molar-refractivity contribution is 4.94. The molecule has 13 heavy (non-hydrogen) atoms. The van der Waals surface area contributed by atoms with E-state index in [1.165, 1.54) is 0 Å². The van der Waals surface area contributed by atoms with Crippen LogP contribution in [0.2, 0.25) is 0 Å². The number of nitrogens with one attached hydrogen (secondary N) is 1. The zero-order valence-corrected chi connectivity index (χ0v) is 8.76. The summed E-state index contributed by atoms with van der Waals surface area (Å²) >= 11 is 0. The largest absolute Gasteiger partial charge is 0.379 e. The summed E-state index contributed by atoms with van der Waals surface area (Å²) in [6.45, 7) is 8.21. The lowest BCUT2D eigenvalue weighted by Gasteiger charge is -2.28. The molecule has 1 saturated heterocycles. The number of ether oxygens (including phenoxy) is 1. The van der Waals surface area contributed by atoms with Gasteiger partial charge in [-0.25, -0.2) is 0 Å². The van der Waals surface area contributed by atoms with Gasteiger partial charge in [0.25, 0.3) is 0 Å². The van der Waals surface area contributed by atoms with Crippen molar-refractivity contribution in [2.75, 3.05) is 13.2 Å². The molecule has 1 aliphatic rings. The normalized spacial score (nSPS) is 28.3. The van der Waals surface area contributed by atoms with Crippen LogP contribution in [0.3, 0.4) is 0 Å². The minimum atomic E-state index is 0.239. The maximum absolute atomic E-state index is 5.44. The molecule has 0 bridgehead atoms. The third kappa shape index (κ3) is 2.72. The van der Waals surface area contributed by atoms with E-state index in [-0.39, 0.29) is 5.41 Å². The standard InChI is InChI=1S/C11H19NO/c1-5-6-9(2)12-10-7-13-8-11(10,3)4/h1,9-10,12H,6-8H2,2-4H3. The molecule has 1 fully saturated rings.